The first-order valence-electron chi connectivity index (χ1n) is 16.7. The van der Waals surface area contributed by atoms with Gasteiger partial charge in [0.1, 0.15) is 0 Å². The Morgan fingerprint density at radius 3 is 2.29 bits per heavy atom. The summed E-state index contributed by atoms with van der Waals surface area (Å²) >= 11 is 4.56. The van der Waals surface area contributed by atoms with Gasteiger partial charge < -0.3 is 4.90 Å². The van der Waals surface area contributed by atoms with E-state index in [9.17, 15) is 0 Å². The quantitative estimate of drug-likeness (QED) is 0.126. The summed E-state index contributed by atoms with van der Waals surface area (Å²) in [5, 5.41) is 2.65. The third-order valence-corrected chi connectivity index (χ3v) is 13.7. The van der Waals surface area contributed by atoms with E-state index in [1.54, 1.807) is 0 Å². The molecule has 1 aliphatic heterocycles. The maximum absolute atomic E-state index is 2.69. The summed E-state index contributed by atoms with van der Waals surface area (Å²) in [5.74, 6) is 0.333. The number of anilines is 3. The summed E-state index contributed by atoms with van der Waals surface area (Å²) in [5.41, 5.74) is 14.2. The van der Waals surface area contributed by atoms with Crippen LogP contribution in [0.4, 0.5) is 17.1 Å². The monoisotopic (exact) mass is 745 g/mol. The van der Waals surface area contributed by atoms with Crippen LogP contribution < -0.4 is 4.90 Å². The van der Waals surface area contributed by atoms with Crippen molar-refractivity contribution in [2.75, 3.05) is 4.90 Å². The molecule has 10 rings (SSSR count). The van der Waals surface area contributed by atoms with E-state index in [1.165, 1.54) is 81.7 Å². The lowest BCUT2D eigenvalue weighted by Crippen LogP contribution is -2.30. The normalized spacial score (nSPS) is 19.8. The molecule has 0 spiro atoms. The van der Waals surface area contributed by atoms with Crippen LogP contribution in [0.2, 0.25) is 0 Å². The summed E-state index contributed by atoms with van der Waals surface area (Å²) in [6.07, 6.45) is 9.17. The van der Waals surface area contributed by atoms with E-state index >= 15 is 0 Å². The Kier molecular flexibility index (Phi) is 6.11. The Balaban J connectivity index is 1.15. The van der Waals surface area contributed by atoms with Crippen LogP contribution in [0.1, 0.15) is 42.0 Å². The Morgan fingerprint density at radius 1 is 0.604 bits per heavy atom. The highest BCUT2D eigenvalue weighted by molar-refractivity contribution is 14.1. The fraction of sp³-hybridized carbons (Fsp3) is 0.111. The minimum atomic E-state index is -0.170. The number of alkyl halides is 1. The molecule has 2 atom stereocenters. The second kappa shape index (κ2) is 10.3. The molecular weight excluding hydrogens is 713 g/mol. The third-order valence-electron chi connectivity index (χ3n) is 10.9. The molecule has 0 saturated carbocycles. The molecule has 230 valence electrons. The number of halogens is 1. The molecule has 0 fully saturated rings. The van der Waals surface area contributed by atoms with E-state index in [0.717, 1.165) is 0 Å². The molecule has 3 aliphatic rings. The minimum Gasteiger partial charge on any atom is -0.310 e. The van der Waals surface area contributed by atoms with Crippen LogP contribution in [0.25, 0.3) is 42.4 Å². The topological polar surface area (TPSA) is 3.24 Å². The molecule has 1 aromatic heterocycles. The van der Waals surface area contributed by atoms with Crippen LogP contribution in [-0.4, -0.2) is 0 Å². The zero-order chi connectivity index (χ0) is 32.2. The summed E-state index contributed by atoms with van der Waals surface area (Å²) in [6, 6.07) is 48.0. The summed E-state index contributed by atoms with van der Waals surface area (Å²) in [4.78, 5) is 2.48. The SMILES string of the molecule is CC1(C)c2ccccc2N(c2ccc3sc4ccccc4c3c2)c2ccc(-c3ccc4c(c3)-c3ccccc3C3C=CC=C[C@]43I)cc21. The van der Waals surface area contributed by atoms with Gasteiger partial charge >= 0.3 is 0 Å². The highest BCUT2D eigenvalue weighted by Gasteiger charge is 2.43. The van der Waals surface area contributed by atoms with Crippen molar-refractivity contribution in [2.24, 2.45) is 0 Å². The standard InChI is InChI=1S/C45H32INS/c1-44(2)38-15-6-7-16-40(38)47(30-20-23-43-35(27-30)33-13-5-8-17-42(33)48-43)41-22-19-29(26-39(41)44)28-18-21-37-34(25-28)31-11-3-4-12-32(31)36-14-9-10-24-45(36,37)46/h3-27,36H,1-2H3/t36?,45-/m1/s1. The van der Waals surface area contributed by atoms with Gasteiger partial charge in [0, 0.05) is 37.2 Å². The highest BCUT2D eigenvalue weighted by Crippen LogP contribution is 2.58. The number of fused-ring (bicyclic) bond motifs is 11. The van der Waals surface area contributed by atoms with Crippen molar-refractivity contribution >= 4 is 71.2 Å². The van der Waals surface area contributed by atoms with E-state index in [2.05, 4.69) is 193 Å². The van der Waals surface area contributed by atoms with Crippen molar-refractivity contribution in [1.82, 2.24) is 0 Å². The van der Waals surface area contributed by atoms with Crippen molar-refractivity contribution in [2.45, 2.75) is 28.6 Å². The molecule has 0 saturated heterocycles. The molecule has 0 amide bonds. The van der Waals surface area contributed by atoms with Crippen LogP contribution in [-0.2, 0) is 8.84 Å². The number of thiophene rings is 1. The predicted octanol–water partition coefficient (Wildman–Crippen LogP) is 13.4. The van der Waals surface area contributed by atoms with Gasteiger partial charge in [0.25, 0.3) is 0 Å². The predicted molar refractivity (Wildman–Crippen MR) is 214 cm³/mol. The molecule has 7 aromatic rings. The van der Waals surface area contributed by atoms with Crippen molar-refractivity contribution in [1.29, 1.82) is 0 Å². The second-order valence-electron chi connectivity index (χ2n) is 13.8. The van der Waals surface area contributed by atoms with Gasteiger partial charge in [-0.15, -0.1) is 11.3 Å². The maximum Gasteiger partial charge on any atom is 0.0761 e. The van der Waals surface area contributed by atoms with E-state index in [-0.39, 0.29) is 8.84 Å². The molecule has 1 unspecified atom stereocenters. The number of benzene rings is 6. The Morgan fingerprint density at radius 2 is 1.35 bits per heavy atom. The Bertz CT molecular complexity index is 2530. The average Bonchev–Trinajstić information content (AvgIpc) is 3.50. The van der Waals surface area contributed by atoms with Crippen LogP contribution >= 0.6 is 33.9 Å². The fourth-order valence-corrected chi connectivity index (χ4v) is 10.8. The number of para-hydroxylation sites is 1. The first-order valence-corrected chi connectivity index (χ1v) is 18.6. The number of hydrogen-bond donors (Lipinski definition) is 0. The minimum absolute atomic E-state index is 0.0916. The molecular formula is C45H32INS. The highest BCUT2D eigenvalue weighted by atomic mass is 127. The molecule has 1 nitrogen and oxygen atoms in total. The Hall–Kier alpha value is -4.45. The average molecular weight is 746 g/mol. The lowest BCUT2D eigenvalue weighted by atomic mass is 9.69. The fourth-order valence-electron chi connectivity index (χ4n) is 8.51. The van der Waals surface area contributed by atoms with E-state index in [0.29, 0.717) is 5.92 Å². The second-order valence-corrected chi connectivity index (χ2v) is 16.7. The summed E-state index contributed by atoms with van der Waals surface area (Å²) in [7, 11) is 0. The van der Waals surface area contributed by atoms with Crippen LogP contribution in [0.5, 0.6) is 0 Å². The van der Waals surface area contributed by atoms with Crippen molar-refractivity contribution in [3.8, 4) is 22.3 Å². The number of hydrogen-bond acceptors (Lipinski definition) is 2. The van der Waals surface area contributed by atoms with Crippen LogP contribution in [0, 0.1) is 0 Å². The maximum atomic E-state index is 2.69. The van der Waals surface area contributed by atoms with Gasteiger partial charge in [-0.3, -0.25) is 0 Å². The van der Waals surface area contributed by atoms with Gasteiger partial charge in [-0.25, -0.2) is 0 Å². The molecule has 6 aromatic carbocycles. The van der Waals surface area contributed by atoms with Gasteiger partial charge in [0.2, 0.25) is 0 Å². The van der Waals surface area contributed by atoms with Gasteiger partial charge in [0.15, 0.2) is 0 Å². The molecule has 2 aliphatic carbocycles. The zero-order valence-electron chi connectivity index (χ0n) is 26.7. The molecule has 48 heavy (non-hydrogen) atoms. The van der Waals surface area contributed by atoms with Gasteiger partial charge in [-0.1, -0.05) is 140 Å². The largest absolute Gasteiger partial charge is 0.310 e. The molecule has 2 heterocycles. The zero-order valence-corrected chi connectivity index (χ0v) is 29.7. The molecule has 0 N–H and O–H groups in total. The van der Waals surface area contributed by atoms with Crippen molar-refractivity contribution in [3.63, 3.8) is 0 Å². The summed E-state index contributed by atoms with van der Waals surface area (Å²) < 4.78 is 2.57. The number of allylic oxidation sites excluding steroid dienone is 4. The van der Waals surface area contributed by atoms with Crippen LogP contribution in [0.15, 0.2) is 152 Å². The first-order chi connectivity index (χ1) is 23.4. The lowest BCUT2D eigenvalue weighted by Gasteiger charge is -2.42. The van der Waals surface area contributed by atoms with Crippen LogP contribution in [0.3, 0.4) is 0 Å². The van der Waals surface area contributed by atoms with Gasteiger partial charge in [0.05, 0.1) is 14.8 Å². The lowest BCUT2D eigenvalue weighted by molar-refractivity contribution is 0.632. The van der Waals surface area contributed by atoms with Gasteiger partial charge in [-0.05, 0) is 93.0 Å². The molecule has 3 heteroatoms. The third kappa shape index (κ3) is 3.95. The number of nitrogens with zero attached hydrogens (tertiary/aromatic N) is 1. The van der Waals surface area contributed by atoms with Crippen molar-refractivity contribution < 1.29 is 0 Å². The van der Waals surface area contributed by atoms with E-state index < -0.39 is 0 Å². The van der Waals surface area contributed by atoms with E-state index in [1.807, 2.05) is 11.3 Å². The van der Waals surface area contributed by atoms with Gasteiger partial charge in [-0.2, -0.15) is 0 Å². The van der Waals surface area contributed by atoms with E-state index in [4.69, 9.17) is 0 Å². The molecule has 0 bridgehead atoms. The Labute approximate surface area is 299 Å². The smallest absolute Gasteiger partial charge is 0.0761 e. The molecule has 0 radical (unpaired) electrons. The number of rotatable bonds is 2. The first kappa shape index (κ1) is 28.6. The summed E-state index contributed by atoms with van der Waals surface area (Å²) in [6.45, 7) is 4.76. The van der Waals surface area contributed by atoms with Crippen molar-refractivity contribution in [3.05, 3.63) is 174 Å².